The summed E-state index contributed by atoms with van der Waals surface area (Å²) in [5.41, 5.74) is 0.881. The van der Waals surface area contributed by atoms with Gasteiger partial charge in [-0.25, -0.2) is 4.79 Å². The molecule has 0 amide bonds. The van der Waals surface area contributed by atoms with Crippen molar-refractivity contribution in [2.75, 3.05) is 6.61 Å². The minimum Gasteiger partial charge on any atom is -0.463 e. The minimum absolute atomic E-state index is 0.0567. The summed E-state index contributed by atoms with van der Waals surface area (Å²) in [7, 11) is -2.01. The number of allylic oxidation sites excluding steroid dienone is 2. The van der Waals surface area contributed by atoms with E-state index in [4.69, 9.17) is 15.6 Å². The second-order valence-corrected chi connectivity index (χ2v) is 12.9. The molecule has 0 aromatic carbocycles. The molecule has 0 aliphatic rings. The Kier molecular flexibility index (Phi) is 10.2. The van der Waals surface area contributed by atoms with Gasteiger partial charge in [0, 0.05) is 12.0 Å². The number of hydrogen-bond donors (Lipinski definition) is 1. The number of carbonyl (C=O) groups excluding carboxylic acids is 1. The van der Waals surface area contributed by atoms with Crippen LogP contribution < -0.4 is 0 Å². The topological polar surface area (TPSA) is 55.8 Å². The minimum atomic E-state index is -2.01. The van der Waals surface area contributed by atoms with Crippen LogP contribution in [0.5, 0.6) is 0 Å². The fourth-order valence-electron chi connectivity index (χ4n) is 1.97. The van der Waals surface area contributed by atoms with Crippen LogP contribution in [0.4, 0.5) is 0 Å². The fourth-order valence-corrected chi connectivity index (χ4v) is 3.24. The van der Waals surface area contributed by atoms with E-state index in [1.54, 1.807) is 13.0 Å². The van der Waals surface area contributed by atoms with Crippen LogP contribution in [0.1, 0.15) is 48.0 Å². The molecule has 0 aliphatic heterocycles. The largest absolute Gasteiger partial charge is 0.463 e. The van der Waals surface area contributed by atoms with Crippen molar-refractivity contribution in [2.45, 2.75) is 78.3 Å². The van der Waals surface area contributed by atoms with Gasteiger partial charge in [-0.2, -0.15) is 0 Å². The highest BCUT2D eigenvalue weighted by atomic mass is 28.4. The van der Waals surface area contributed by atoms with Crippen molar-refractivity contribution in [3.05, 3.63) is 23.8 Å². The Morgan fingerprint density at radius 3 is 2.35 bits per heavy atom. The van der Waals surface area contributed by atoms with Crippen LogP contribution in [-0.4, -0.2) is 38.2 Å². The van der Waals surface area contributed by atoms with Crippen LogP contribution in [0.2, 0.25) is 18.1 Å². The Morgan fingerprint density at radius 2 is 1.88 bits per heavy atom. The van der Waals surface area contributed by atoms with Gasteiger partial charge in [0.15, 0.2) is 8.32 Å². The molecule has 0 bridgehead atoms. The van der Waals surface area contributed by atoms with Gasteiger partial charge in [0.25, 0.3) is 0 Å². The molecular formula is C21H36O4Si. The van der Waals surface area contributed by atoms with Gasteiger partial charge in [-0.05, 0) is 38.4 Å². The summed E-state index contributed by atoms with van der Waals surface area (Å²) in [5, 5.41) is 10.6. The Morgan fingerprint density at radius 1 is 1.31 bits per heavy atom. The first-order valence-electron chi connectivity index (χ1n) is 9.19. The van der Waals surface area contributed by atoms with Crippen LogP contribution in [0.15, 0.2) is 23.8 Å². The van der Waals surface area contributed by atoms with Crippen LogP contribution in [-0.2, 0) is 14.0 Å². The van der Waals surface area contributed by atoms with E-state index >= 15 is 0 Å². The van der Waals surface area contributed by atoms with Gasteiger partial charge in [0.1, 0.15) is 6.10 Å². The van der Waals surface area contributed by atoms with E-state index in [1.165, 1.54) is 6.08 Å². The lowest BCUT2D eigenvalue weighted by molar-refractivity contribution is -0.137. The van der Waals surface area contributed by atoms with Crippen molar-refractivity contribution in [3.8, 4) is 12.3 Å². The van der Waals surface area contributed by atoms with E-state index < -0.39 is 20.5 Å². The van der Waals surface area contributed by atoms with Crippen molar-refractivity contribution in [2.24, 2.45) is 5.92 Å². The maximum Gasteiger partial charge on any atom is 0.330 e. The van der Waals surface area contributed by atoms with Crippen LogP contribution in [0.25, 0.3) is 0 Å². The van der Waals surface area contributed by atoms with Gasteiger partial charge in [-0.1, -0.05) is 51.3 Å². The van der Waals surface area contributed by atoms with Crippen molar-refractivity contribution < 1.29 is 19.1 Å². The summed E-state index contributed by atoms with van der Waals surface area (Å²) in [6.07, 6.45) is 10.0. The molecule has 0 saturated heterocycles. The SMILES string of the molecule is C#C[C@@H](O[Si](C)(C)C(C)(C)C)[C@H](C)C(O)C/C=C(C)/C=C/C(=O)OCC. The third kappa shape index (κ3) is 8.35. The van der Waals surface area contributed by atoms with Gasteiger partial charge < -0.3 is 14.3 Å². The van der Waals surface area contributed by atoms with Crippen LogP contribution in [0.3, 0.4) is 0 Å². The molecule has 26 heavy (non-hydrogen) atoms. The summed E-state index contributed by atoms with van der Waals surface area (Å²) in [6.45, 7) is 16.7. The second-order valence-electron chi connectivity index (χ2n) is 8.16. The highest BCUT2D eigenvalue weighted by Crippen LogP contribution is 2.38. The monoisotopic (exact) mass is 380 g/mol. The van der Waals surface area contributed by atoms with E-state index in [9.17, 15) is 9.90 Å². The molecule has 0 radical (unpaired) electrons. The molecule has 4 nitrogen and oxygen atoms in total. The summed E-state index contributed by atoms with van der Waals surface area (Å²) in [6, 6.07) is 0. The summed E-state index contributed by atoms with van der Waals surface area (Å²) >= 11 is 0. The zero-order valence-electron chi connectivity index (χ0n) is 17.6. The van der Waals surface area contributed by atoms with Crippen molar-refractivity contribution in [3.63, 3.8) is 0 Å². The highest BCUT2D eigenvalue weighted by molar-refractivity contribution is 6.74. The quantitative estimate of drug-likeness (QED) is 0.211. The van der Waals surface area contributed by atoms with Crippen LogP contribution in [0, 0.1) is 18.3 Å². The Balaban J connectivity index is 4.87. The van der Waals surface area contributed by atoms with E-state index in [0.29, 0.717) is 13.0 Å². The zero-order valence-corrected chi connectivity index (χ0v) is 18.6. The highest BCUT2D eigenvalue weighted by Gasteiger charge is 2.40. The predicted octanol–water partition coefficient (Wildman–Crippen LogP) is 4.46. The number of rotatable bonds is 9. The summed E-state index contributed by atoms with van der Waals surface area (Å²) < 4.78 is 11.1. The number of aliphatic hydroxyl groups is 1. The van der Waals surface area contributed by atoms with Gasteiger partial charge in [0.2, 0.25) is 0 Å². The lowest BCUT2D eigenvalue weighted by Gasteiger charge is -2.40. The lowest BCUT2D eigenvalue weighted by atomic mass is 9.95. The maximum absolute atomic E-state index is 11.3. The molecule has 5 heteroatoms. The first-order valence-corrected chi connectivity index (χ1v) is 12.1. The third-order valence-electron chi connectivity index (χ3n) is 4.93. The van der Waals surface area contributed by atoms with E-state index in [-0.39, 0.29) is 16.9 Å². The smallest absolute Gasteiger partial charge is 0.330 e. The molecule has 0 aromatic heterocycles. The predicted molar refractivity (Wildman–Crippen MR) is 110 cm³/mol. The van der Waals surface area contributed by atoms with Crippen molar-refractivity contribution >= 4 is 14.3 Å². The molecule has 0 fully saturated rings. The molecule has 0 aliphatic carbocycles. The Labute approximate surface area is 160 Å². The second kappa shape index (κ2) is 10.7. The number of ether oxygens (including phenoxy) is 1. The third-order valence-corrected chi connectivity index (χ3v) is 9.38. The number of carbonyl (C=O) groups is 1. The number of terminal acetylenes is 1. The normalized spacial score (nSPS) is 16.8. The first kappa shape index (κ1) is 24.6. The average Bonchev–Trinajstić information content (AvgIpc) is 2.54. The molecule has 0 saturated carbocycles. The lowest BCUT2D eigenvalue weighted by Crippen LogP contribution is -2.46. The fraction of sp³-hybridized carbons (Fsp3) is 0.667. The van der Waals surface area contributed by atoms with Crippen molar-refractivity contribution in [1.82, 2.24) is 0 Å². The summed E-state index contributed by atoms with van der Waals surface area (Å²) in [5.74, 6) is 2.15. The molecule has 3 atom stereocenters. The standard InChI is InChI=1S/C21H36O4Si/c1-10-19(25-26(8,9)21(5,6)7)17(4)18(22)14-12-16(3)13-15-20(23)24-11-2/h1,12-13,15,17-19,22H,11,14H2,2-9H3/b15-13+,16-12+/t17-,18?,19-/m1/s1. The summed E-state index contributed by atoms with van der Waals surface area (Å²) in [4.78, 5) is 11.3. The first-order chi connectivity index (χ1) is 11.9. The van der Waals surface area contributed by atoms with Gasteiger partial charge in [0.05, 0.1) is 12.7 Å². The Hall–Kier alpha value is -1.35. The molecule has 0 spiro atoms. The number of esters is 1. The molecule has 0 aromatic rings. The average molecular weight is 381 g/mol. The van der Waals surface area contributed by atoms with E-state index in [0.717, 1.165) is 5.57 Å². The van der Waals surface area contributed by atoms with E-state index in [1.807, 2.05) is 19.9 Å². The van der Waals surface area contributed by atoms with Gasteiger partial charge in [-0.3, -0.25) is 0 Å². The number of aliphatic hydroxyl groups excluding tert-OH is 1. The van der Waals surface area contributed by atoms with E-state index in [2.05, 4.69) is 39.8 Å². The number of hydrogen-bond acceptors (Lipinski definition) is 4. The van der Waals surface area contributed by atoms with Crippen molar-refractivity contribution in [1.29, 1.82) is 0 Å². The molecule has 0 heterocycles. The molecule has 1 unspecified atom stereocenters. The van der Waals surface area contributed by atoms with Crippen LogP contribution >= 0.6 is 0 Å². The molecule has 148 valence electrons. The molecular weight excluding hydrogens is 344 g/mol. The van der Waals surface area contributed by atoms with Gasteiger partial charge >= 0.3 is 5.97 Å². The molecule has 1 N–H and O–H groups in total. The molecule has 0 rings (SSSR count). The maximum atomic E-state index is 11.3. The zero-order chi connectivity index (χ0) is 20.5. The Bertz CT molecular complexity index is 549. The van der Waals surface area contributed by atoms with Gasteiger partial charge in [-0.15, -0.1) is 6.42 Å².